The summed E-state index contributed by atoms with van der Waals surface area (Å²) in [4.78, 5) is 27.2. The number of aromatic nitrogens is 2. The number of nitrogens with one attached hydrogen (secondary N) is 1. The molecule has 7 nitrogen and oxygen atoms in total. The summed E-state index contributed by atoms with van der Waals surface area (Å²) in [5.41, 5.74) is 2.22. The average molecular weight is 463 g/mol. The maximum Gasteiger partial charge on any atom is 0.290 e. The molecule has 0 radical (unpaired) electrons. The number of para-hydroxylation sites is 1. The molecule has 2 amide bonds. The standard InChI is InChI=1S/C25H23ClN4O3/c1-2-14-29(25(32)22-13-8-15-33-22)17-24(31)27-23-16-20(18-9-4-3-5-10-18)28-30(23)21-12-7-6-11-19(21)26/h3-13,15-16H,2,14,17H2,1H3,(H,27,31). The maximum atomic E-state index is 13.0. The lowest BCUT2D eigenvalue weighted by Gasteiger charge is -2.20. The van der Waals surface area contributed by atoms with Crippen molar-refractivity contribution in [1.82, 2.24) is 14.7 Å². The summed E-state index contributed by atoms with van der Waals surface area (Å²) >= 11 is 6.41. The zero-order valence-electron chi connectivity index (χ0n) is 18.1. The number of furan rings is 1. The normalized spacial score (nSPS) is 10.7. The molecule has 0 unspecified atom stereocenters. The smallest absolute Gasteiger partial charge is 0.290 e. The summed E-state index contributed by atoms with van der Waals surface area (Å²) < 4.78 is 6.81. The summed E-state index contributed by atoms with van der Waals surface area (Å²) in [6.07, 6.45) is 2.14. The molecule has 4 rings (SSSR count). The van der Waals surface area contributed by atoms with Crippen LogP contribution < -0.4 is 5.32 Å². The predicted octanol–water partition coefficient (Wildman–Crippen LogP) is 5.28. The van der Waals surface area contributed by atoms with Crippen LogP contribution in [0.25, 0.3) is 16.9 Å². The summed E-state index contributed by atoms with van der Waals surface area (Å²) in [5, 5.41) is 8.07. The topological polar surface area (TPSA) is 80.4 Å². The number of amides is 2. The third-order valence-corrected chi connectivity index (χ3v) is 5.29. The van der Waals surface area contributed by atoms with Crippen LogP contribution in [0.5, 0.6) is 0 Å². The summed E-state index contributed by atoms with van der Waals surface area (Å²) in [6.45, 7) is 2.24. The molecule has 2 aromatic carbocycles. The lowest BCUT2D eigenvalue weighted by Crippen LogP contribution is -2.38. The molecule has 0 bridgehead atoms. The molecule has 4 aromatic rings. The van der Waals surface area contributed by atoms with Crippen molar-refractivity contribution in [2.75, 3.05) is 18.4 Å². The number of hydrogen-bond donors (Lipinski definition) is 1. The van der Waals surface area contributed by atoms with Crippen LogP contribution in [-0.2, 0) is 4.79 Å². The first-order valence-corrected chi connectivity index (χ1v) is 11.0. The van der Waals surface area contributed by atoms with Crippen LogP contribution in [0.2, 0.25) is 5.02 Å². The van der Waals surface area contributed by atoms with Crippen molar-refractivity contribution in [3.05, 3.63) is 89.8 Å². The van der Waals surface area contributed by atoms with Gasteiger partial charge in [0.05, 0.1) is 22.7 Å². The molecule has 0 fully saturated rings. The first-order valence-electron chi connectivity index (χ1n) is 10.6. The van der Waals surface area contributed by atoms with Crippen LogP contribution in [0.4, 0.5) is 5.82 Å². The highest BCUT2D eigenvalue weighted by molar-refractivity contribution is 6.32. The zero-order chi connectivity index (χ0) is 23.2. The van der Waals surface area contributed by atoms with Crippen LogP contribution in [0.15, 0.2) is 83.5 Å². The Morgan fingerprint density at radius 1 is 1.06 bits per heavy atom. The van der Waals surface area contributed by atoms with E-state index in [9.17, 15) is 9.59 Å². The second kappa shape index (κ2) is 10.2. The fourth-order valence-electron chi connectivity index (χ4n) is 3.46. The van der Waals surface area contributed by atoms with Crippen LogP contribution in [0.3, 0.4) is 0 Å². The largest absolute Gasteiger partial charge is 0.459 e. The lowest BCUT2D eigenvalue weighted by atomic mass is 10.1. The first kappa shape index (κ1) is 22.4. The molecule has 0 spiro atoms. The third kappa shape index (κ3) is 5.15. The molecule has 0 aliphatic rings. The molecule has 0 aliphatic heterocycles. The van der Waals surface area contributed by atoms with Crippen molar-refractivity contribution in [3.8, 4) is 16.9 Å². The van der Waals surface area contributed by atoms with Gasteiger partial charge in [0.2, 0.25) is 5.91 Å². The van der Waals surface area contributed by atoms with Crippen molar-refractivity contribution < 1.29 is 14.0 Å². The van der Waals surface area contributed by atoms with Crippen molar-refractivity contribution in [2.45, 2.75) is 13.3 Å². The Balaban J connectivity index is 1.62. The van der Waals surface area contributed by atoms with Gasteiger partial charge >= 0.3 is 0 Å². The van der Waals surface area contributed by atoms with Gasteiger partial charge in [0.1, 0.15) is 12.4 Å². The SMILES string of the molecule is CCCN(CC(=O)Nc1cc(-c2ccccc2)nn1-c1ccccc1Cl)C(=O)c1ccco1. The van der Waals surface area contributed by atoms with E-state index in [1.165, 1.54) is 11.2 Å². The second-order valence-electron chi connectivity index (χ2n) is 7.40. The van der Waals surface area contributed by atoms with Gasteiger partial charge in [-0.25, -0.2) is 4.68 Å². The Bertz CT molecular complexity index is 1240. The van der Waals surface area contributed by atoms with Gasteiger partial charge < -0.3 is 14.6 Å². The van der Waals surface area contributed by atoms with E-state index in [1.54, 1.807) is 28.9 Å². The van der Waals surface area contributed by atoms with Gasteiger partial charge in [0, 0.05) is 18.2 Å². The molecule has 1 N–H and O–H groups in total. The Morgan fingerprint density at radius 3 is 2.52 bits per heavy atom. The Morgan fingerprint density at radius 2 is 1.82 bits per heavy atom. The number of hydrogen-bond acceptors (Lipinski definition) is 4. The van der Waals surface area contributed by atoms with Crippen LogP contribution >= 0.6 is 11.6 Å². The number of carbonyl (C=O) groups excluding carboxylic acids is 2. The van der Waals surface area contributed by atoms with E-state index in [-0.39, 0.29) is 24.1 Å². The molecule has 0 saturated carbocycles. The Labute approximate surface area is 196 Å². The van der Waals surface area contributed by atoms with Gasteiger partial charge in [-0.15, -0.1) is 0 Å². The number of nitrogens with zero attached hydrogens (tertiary/aromatic N) is 3. The van der Waals surface area contributed by atoms with E-state index >= 15 is 0 Å². The van der Waals surface area contributed by atoms with Gasteiger partial charge in [-0.2, -0.15) is 5.10 Å². The molecular formula is C25H23ClN4O3. The molecule has 8 heteroatoms. The van der Waals surface area contributed by atoms with Gasteiger partial charge in [-0.3, -0.25) is 9.59 Å². The monoisotopic (exact) mass is 462 g/mol. The summed E-state index contributed by atoms with van der Waals surface area (Å²) in [6, 6.07) is 21.9. The van der Waals surface area contributed by atoms with Crippen molar-refractivity contribution in [3.63, 3.8) is 0 Å². The Kier molecular flexibility index (Phi) is 6.90. The van der Waals surface area contributed by atoms with Gasteiger partial charge in [0.25, 0.3) is 5.91 Å². The fraction of sp³-hybridized carbons (Fsp3) is 0.160. The highest BCUT2D eigenvalue weighted by atomic mass is 35.5. The van der Waals surface area contributed by atoms with Gasteiger partial charge in [-0.1, -0.05) is 61.0 Å². The minimum atomic E-state index is -0.351. The summed E-state index contributed by atoms with van der Waals surface area (Å²) in [7, 11) is 0. The minimum Gasteiger partial charge on any atom is -0.459 e. The van der Waals surface area contributed by atoms with Crippen molar-refractivity contribution in [2.24, 2.45) is 0 Å². The van der Waals surface area contributed by atoms with Gasteiger partial charge in [0.15, 0.2) is 5.76 Å². The molecule has 0 atom stereocenters. The minimum absolute atomic E-state index is 0.123. The van der Waals surface area contributed by atoms with Crippen molar-refractivity contribution >= 4 is 29.2 Å². The quantitative estimate of drug-likeness (QED) is 0.386. The second-order valence-corrected chi connectivity index (χ2v) is 7.80. The van der Waals surface area contributed by atoms with E-state index in [1.807, 2.05) is 55.5 Å². The molecule has 33 heavy (non-hydrogen) atoms. The zero-order valence-corrected chi connectivity index (χ0v) is 18.8. The van der Waals surface area contributed by atoms with E-state index in [4.69, 9.17) is 16.0 Å². The van der Waals surface area contributed by atoms with E-state index in [0.29, 0.717) is 35.2 Å². The number of carbonyl (C=O) groups is 2. The number of benzene rings is 2. The first-order chi connectivity index (χ1) is 16.1. The van der Waals surface area contributed by atoms with E-state index < -0.39 is 0 Å². The van der Waals surface area contributed by atoms with Gasteiger partial charge in [-0.05, 0) is 30.7 Å². The highest BCUT2D eigenvalue weighted by Crippen LogP contribution is 2.28. The molecule has 2 heterocycles. The number of halogens is 1. The molecule has 0 saturated heterocycles. The number of rotatable bonds is 8. The van der Waals surface area contributed by atoms with Crippen molar-refractivity contribution in [1.29, 1.82) is 0 Å². The molecular weight excluding hydrogens is 440 g/mol. The summed E-state index contributed by atoms with van der Waals surface area (Å²) in [5.74, 6) is -0.0321. The highest BCUT2D eigenvalue weighted by Gasteiger charge is 2.22. The third-order valence-electron chi connectivity index (χ3n) is 4.97. The van der Waals surface area contributed by atoms with E-state index in [2.05, 4.69) is 10.4 Å². The van der Waals surface area contributed by atoms with Crippen LogP contribution in [0.1, 0.15) is 23.9 Å². The molecule has 168 valence electrons. The molecule has 0 aliphatic carbocycles. The fourth-order valence-corrected chi connectivity index (χ4v) is 3.68. The average Bonchev–Trinajstić information content (AvgIpc) is 3.50. The Hall–Kier alpha value is -3.84. The lowest BCUT2D eigenvalue weighted by molar-refractivity contribution is -0.117. The van der Waals surface area contributed by atoms with Crippen LogP contribution in [0, 0.1) is 0 Å². The predicted molar refractivity (Wildman–Crippen MR) is 128 cm³/mol. The van der Waals surface area contributed by atoms with E-state index in [0.717, 1.165) is 5.56 Å². The van der Waals surface area contributed by atoms with Crippen LogP contribution in [-0.4, -0.2) is 39.6 Å². The maximum absolute atomic E-state index is 13.0. The molecule has 2 aromatic heterocycles. The number of anilines is 1.